The molecule has 5 heteroatoms. The zero-order chi connectivity index (χ0) is 125. The van der Waals surface area contributed by atoms with Gasteiger partial charge in [0.05, 0.1) is 8.07 Å². The van der Waals surface area contributed by atoms with E-state index in [-0.39, 0.29) is 29.0 Å². The highest BCUT2D eigenvalue weighted by molar-refractivity contribution is 6.81. The molecule has 1 fully saturated rings. The van der Waals surface area contributed by atoms with Crippen molar-refractivity contribution >= 4 is 40.4 Å². The van der Waals surface area contributed by atoms with E-state index in [0.29, 0.717) is 16.2 Å². The second-order valence-corrected chi connectivity index (χ2v) is 63.7. The summed E-state index contributed by atoms with van der Waals surface area (Å²) in [5.74, 6) is -16.5. The molecule has 0 saturated heterocycles. The molecule has 0 amide bonds. The highest BCUT2D eigenvalue weighted by Gasteiger charge is 2.38. The quantitative estimate of drug-likeness (QED) is 0.0845. The van der Waals surface area contributed by atoms with Gasteiger partial charge in [-0.25, -0.2) is 0 Å². The molecule has 4 unspecified atom stereocenters. The Labute approximate surface area is 719 Å². The molecule has 0 aromatic rings. The predicted octanol–water partition coefficient (Wildman–Crippen LogP) is 37.4. The van der Waals surface area contributed by atoms with Gasteiger partial charge in [-0.1, -0.05) is 470 Å². The van der Waals surface area contributed by atoms with Crippen LogP contribution in [0.25, 0.3) is 0 Å². The van der Waals surface area contributed by atoms with Gasteiger partial charge in [-0.2, -0.15) is 0 Å². The third kappa shape index (κ3) is 78.7. The van der Waals surface area contributed by atoms with E-state index in [9.17, 15) is 0 Å². The molecule has 0 aliphatic heterocycles. The molecule has 0 nitrogen and oxygen atoms in total. The molecule has 618 valence electrons. The Morgan fingerprint density at radius 2 is 0.740 bits per heavy atom. The Bertz CT molecular complexity index is 3410. The van der Waals surface area contributed by atoms with E-state index in [4.69, 9.17) is 65.8 Å². The van der Waals surface area contributed by atoms with Crippen LogP contribution in [0.2, 0.25) is 124 Å². The van der Waals surface area contributed by atoms with Crippen molar-refractivity contribution in [2.24, 2.45) is 102 Å². The van der Waals surface area contributed by atoms with Crippen molar-refractivity contribution < 1.29 is 65.8 Å². The van der Waals surface area contributed by atoms with Crippen molar-refractivity contribution in [1.29, 1.82) is 0 Å². The molecule has 0 spiro atoms. The zero-order valence-corrected chi connectivity index (χ0v) is 82.1. The van der Waals surface area contributed by atoms with Crippen molar-refractivity contribution in [3.63, 3.8) is 0 Å². The lowest BCUT2D eigenvalue weighted by Gasteiger charge is -2.42. The first-order valence-electron chi connectivity index (χ1n) is 61.4. The molecule has 0 aromatic heterocycles. The topological polar surface area (TPSA) is 0 Å². The molecule has 0 heterocycles. The molecule has 1 aliphatic rings. The molecule has 1 saturated carbocycles. The Balaban J connectivity index is -0.000000209. The summed E-state index contributed by atoms with van der Waals surface area (Å²) in [5.41, 5.74) is -8.80. The van der Waals surface area contributed by atoms with Gasteiger partial charge in [0.1, 0.15) is 0 Å². The Morgan fingerprint density at radius 1 is 0.400 bits per heavy atom. The standard InChI is InChI=1S/C12H28Si.2C11H24.2C10H24Si.C10H22.C9H22Si.C8H18.C7H18Si.C7H14/c1-11(2,3)9-13(7,8)10-12(4,5)6;4*1-9(2)7-11(5,6)8-10(3)4;2*1-8(2)10(6,7)9(3,4)5;2*1-6-8(4,5)7(2)3;1-7(2)5-3-4-6-7/h9-10H2,1-8H3;4*9-10H,7-8H2,1-6H3;2*8H,1-7H3;2*7H,6H2,1-5H3;3-6H2,1-2H3/i;7D2,8D2,9D,10D;9D,10D;7D2,8D2,9D,10D;9D,10D;2*1D3,3D3,4D3,8D;2*2D3,6D2,7D;. The van der Waals surface area contributed by atoms with Gasteiger partial charge in [0.15, 0.2) is 0 Å². The van der Waals surface area contributed by atoms with Crippen LogP contribution in [0.3, 0.4) is 0 Å². The van der Waals surface area contributed by atoms with E-state index < -0.39 is 205 Å². The summed E-state index contributed by atoms with van der Waals surface area (Å²) in [5, 5.41) is -2.20. The molecule has 0 bridgehead atoms. The lowest BCUT2D eigenvalue weighted by molar-refractivity contribution is 0.0737. The first-order valence-corrected chi connectivity index (χ1v) is 53.3. The Hall–Kier alpha value is 1.08. The third-order valence-corrected chi connectivity index (χ3v) is 34.2. The Morgan fingerprint density at radius 3 is 0.930 bits per heavy atom. The lowest BCUT2D eigenvalue weighted by Crippen LogP contribution is -2.39. The fourth-order valence-electron chi connectivity index (χ4n) is 11.9. The SMILES string of the molecule is CC(C)(C)C[Si](C)(C)CC(C)(C)C.CC1(C)CCCC1.[2H]C(C)(C)C([2H])([2H])C(C)(C)C([2H])([2H])C([2H])(C)C.[2H]C(C)(C)C([2H])([2H])[Si](C)(C)C([2H])([2H])C([2H])(C)C.[2H]C(C)(C)CC(C)(C)CC([2H])(C)C.[2H]C(C)(C)C[Si](C)(C)CC([2H])(C)C.[2H]C([2H])([2H])C([2H])(C)C(C)(C)C(C)(C([2H])([2H])[2H])C([2H])([2H])[2H].[2H]C([2H])([2H])C([2H])(C)C(C)(C)C([2H])([2H])C.[2H]C([2H])([2H])C([2H])(C)[Si](C)(C)C(C)(C([2H])([2H])[2H])C([2H])([2H])[2H].[2H]C([2H])([2H])C([2H])(C)[Si](C)(C)C([2H])([2H])C. The second kappa shape index (κ2) is 52.3. The monoisotopic (exact) mass is 1550 g/mol. The molecular formula is C95H218Si5. The van der Waals surface area contributed by atoms with Gasteiger partial charge in [0, 0.05) is 98.1 Å². The largest absolute Gasteiger partial charge is 0.0693 e. The number of hydrogen-bond donors (Lipinski definition) is 0. The summed E-state index contributed by atoms with van der Waals surface area (Å²) in [6, 6.07) is 4.86. The van der Waals surface area contributed by atoms with Crippen molar-refractivity contribution in [2.45, 2.75) is 513 Å². The van der Waals surface area contributed by atoms with E-state index in [1.165, 1.54) is 175 Å². The van der Waals surface area contributed by atoms with Crippen molar-refractivity contribution in [2.75, 3.05) is 0 Å². The second-order valence-electron chi connectivity index (χ2n) is 40.4. The van der Waals surface area contributed by atoms with Crippen LogP contribution in [0.5, 0.6) is 0 Å². The first kappa shape index (κ1) is 51.6. The number of hydrogen-bond acceptors (Lipinski definition) is 0. The van der Waals surface area contributed by atoms with Gasteiger partial charge < -0.3 is 0 Å². The summed E-state index contributed by atoms with van der Waals surface area (Å²) < 4.78 is 370. The van der Waals surface area contributed by atoms with Crippen LogP contribution in [0.15, 0.2) is 0 Å². The fraction of sp³-hybridized carbons (Fsp3) is 1.00. The Kier molecular flexibility index (Phi) is 27.0. The highest BCUT2D eigenvalue weighted by Crippen LogP contribution is 2.45. The van der Waals surface area contributed by atoms with Crippen LogP contribution < -0.4 is 0 Å². The maximum atomic E-state index is 8.20. The lowest BCUT2D eigenvalue weighted by atomic mass is 9.63. The van der Waals surface area contributed by atoms with E-state index in [0.717, 1.165) is 52.6 Å². The zero-order valence-electron chi connectivity index (χ0n) is 125. The average molecular weight is 1550 g/mol. The first-order chi connectivity index (χ1) is 61.4. The van der Waals surface area contributed by atoms with Crippen molar-refractivity contribution in [1.82, 2.24) is 0 Å². The summed E-state index contributed by atoms with van der Waals surface area (Å²) in [7, 11) is -11.9. The third-order valence-electron chi connectivity index (χ3n) is 17.1. The summed E-state index contributed by atoms with van der Waals surface area (Å²) in [4.78, 5) is 0. The van der Waals surface area contributed by atoms with Crippen LogP contribution >= 0.6 is 0 Å². The minimum absolute atomic E-state index is 0.0938. The maximum Gasteiger partial charge on any atom is 0.0553 e. The molecule has 1 aliphatic carbocycles. The van der Waals surface area contributed by atoms with E-state index in [1.807, 2.05) is 55.4 Å². The van der Waals surface area contributed by atoms with Crippen LogP contribution in [0.1, 0.15) is 455 Å². The average Bonchev–Trinajstić information content (AvgIpc) is 0.750. The smallest absolute Gasteiger partial charge is 0.0553 e. The fourth-order valence-corrected chi connectivity index (χ4v) is 25.4. The van der Waals surface area contributed by atoms with Gasteiger partial charge in [0.25, 0.3) is 0 Å². The molecule has 4 atom stereocenters. The van der Waals surface area contributed by atoms with Gasteiger partial charge in [0.2, 0.25) is 0 Å². The highest BCUT2D eigenvalue weighted by atomic mass is 28.3. The van der Waals surface area contributed by atoms with Crippen LogP contribution in [0, 0.1) is 102 Å². The van der Waals surface area contributed by atoms with Crippen LogP contribution in [-0.2, 0) is 0 Å². The molecule has 0 N–H and O–H groups in total. The van der Waals surface area contributed by atoms with Gasteiger partial charge >= 0.3 is 0 Å². The molecule has 100 heavy (non-hydrogen) atoms. The maximum absolute atomic E-state index is 8.20. The molecular weight excluding hydrogens is 1280 g/mol. The normalized spacial score (nSPS) is 26.7. The van der Waals surface area contributed by atoms with Gasteiger partial charge in [-0.15, -0.1) is 0 Å². The van der Waals surface area contributed by atoms with Crippen molar-refractivity contribution in [3.05, 3.63) is 0 Å². The molecule has 0 radical (unpaired) electrons. The summed E-state index contributed by atoms with van der Waals surface area (Å²) in [6.45, 7) is 65.1. The van der Waals surface area contributed by atoms with Crippen molar-refractivity contribution in [3.8, 4) is 0 Å². The summed E-state index contributed by atoms with van der Waals surface area (Å²) >= 11 is 0. The van der Waals surface area contributed by atoms with Gasteiger partial charge in [-0.3, -0.25) is 0 Å². The van der Waals surface area contributed by atoms with E-state index in [2.05, 4.69) is 95.4 Å². The predicted molar refractivity (Wildman–Crippen MR) is 500 cm³/mol. The minimum atomic E-state index is -3.61. The molecule has 0 aromatic carbocycles. The van der Waals surface area contributed by atoms with E-state index in [1.54, 1.807) is 26.2 Å². The van der Waals surface area contributed by atoms with Gasteiger partial charge in [-0.05, 0) is 146 Å². The molecule has 1 rings (SSSR count). The van der Waals surface area contributed by atoms with Crippen LogP contribution in [-0.4, -0.2) is 40.4 Å². The summed E-state index contributed by atoms with van der Waals surface area (Å²) in [6.07, 6.45) is 1.71. The van der Waals surface area contributed by atoms with Crippen LogP contribution in [0.4, 0.5) is 0 Å². The van der Waals surface area contributed by atoms with E-state index >= 15 is 0 Å². The number of rotatable bonds is 24. The minimum Gasteiger partial charge on any atom is -0.0693 e.